The van der Waals surface area contributed by atoms with Gasteiger partial charge in [0.25, 0.3) is 5.91 Å². The van der Waals surface area contributed by atoms with E-state index in [-0.39, 0.29) is 23.3 Å². The van der Waals surface area contributed by atoms with Gasteiger partial charge in [0.15, 0.2) is 0 Å². The number of likely N-dealkylation sites (tertiary alicyclic amines) is 2. The fraction of sp³-hybridized carbons (Fsp3) is 0.435. The van der Waals surface area contributed by atoms with Gasteiger partial charge in [-0.1, -0.05) is 24.3 Å². The first-order valence-corrected chi connectivity index (χ1v) is 10.4. The first kappa shape index (κ1) is 18.3. The summed E-state index contributed by atoms with van der Waals surface area (Å²) >= 11 is 0. The van der Waals surface area contributed by atoms with Gasteiger partial charge in [0.05, 0.1) is 5.92 Å². The monoisotopic (exact) mass is 390 g/mol. The molecule has 0 unspecified atom stereocenters. The van der Waals surface area contributed by atoms with E-state index >= 15 is 0 Å². The molecule has 0 radical (unpaired) electrons. The van der Waals surface area contributed by atoms with Gasteiger partial charge in [0.1, 0.15) is 0 Å². The third-order valence-corrected chi connectivity index (χ3v) is 6.91. The van der Waals surface area contributed by atoms with Gasteiger partial charge in [-0.05, 0) is 36.6 Å². The molecule has 2 aromatic rings. The molecule has 6 nitrogen and oxygen atoms in total. The number of fused-ring (bicyclic) bond motifs is 2. The van der Waals surface area contributed by atoms with Crippen LogP contribution in [0.5, 0.6) is 0 Å². The number of nitrogens with zero attached hydrogens (tertiary/aromatic N) is 3. The molecule has 29 heavy (non-hydrogen) atoms. The standard InChI is InChI=1S/C23H26N4O2/c28-21-19-15-26(14-17-5-4-10-24-13-17)16-20(19)23(25-21)8-11-27(12-9-23)22(29)18-6-2-1-3-7-18/h1-7,10,13,19-20H,8-9,11-12,14-16H2,(H,25,28)/t19-,20+/m1/s1. The van der Waals surface area contributed by atoms with E-state index in [0.717, 1.165) is 38.0 Å². The fourth-order valence-electron chi connectivity index (χ4n) is 5.39. The van der Waals surface area contributed by atoms with Gasteiger partial charge in [-0.3, -0.25) is 19.5 Å². The molecule has 2 atom stereocenters. The second-order valence-electron chi connectivity index (χ2n) is 8.57. The number of hydrogen-bond acceptors (Lipinski definition) is 4. The molecule has 4 heterocycles. The van der Waals surface area contributed by atoms with Crippen molar-refractivity contribution < 1.29 is 9.59 Å². The zero-order chi connectivity index (χ0) is 19.8. The topological polar surface area (TPSA) is 65.5 Å². The van der Waals surface area contributed by atoms with Crippen molar-refractivity contribution in [2.24, 2.45) is 11.8 Å². The average molecular weight is 390 g/mol. The highest BCUT2D eigenvalue weighted by molar-refractivity contribution is 5.94. The Hall–Kier alpha value is -2.73. The van der Waals surface area contributed by atoms with Crippen LogP contribution in [0.1, 0.15) is 28.8 Å². The summed E-state index contributed by atoms with van der Waals surface area (Å²) in [6.07, 6.45) is 5.35. The number of carbonyl (C=O) groups is 2. The SMILES string of the molecule is O=C1NC2(CCN(C(=O)c3ccccc3)CC2)[C@H]2CN(Cc3cccnc3)C[C@@H]12. The zero-order valence-corrected chi connectivity index (χ0v) is 16.5. The zero-order valence-electron chi connectivity index (χ0n) is 16.5. The average Bonchev–Trinajstić information content (AvgIpc) is 3.29. The quantitative estimate of drug-likeness (QED) is 0.870. The van der Waals surface area contributed by atoms with Crippen LogP contribution in [-0.2, 0) is 11.3 Å². The minimum atomic E-state index is -0.168. The lowest BCUT2D eigenvalue weighted by atomic mass is 9.75. The predicted octanol–water partition coefficient (Wildman–Crippen LogP) is 1.93. The number of rotatable bonds is 3. The second kappa shape index (κ2) is 7.26. The van der Waals surface area contributed by atoms with Crippen LogP contribution < -0.4 is 5.32 Å². The van der Waals surface area contributed by atoms with E-state index in [2.05, 4.69) is 21.3 Å². The summed E-state index contributed by atoms with van der Waals surface area (Å²) in [7, 11) is 0. The lowest BCUT2D eigenvalue weighted by Crippen LogP contribution is -2.56. The summed E-state index contributed by atoms with van der Waals surface area (Å²) < 4.78 is 0. The molecule has 2 amide bonds. The number of piperidine rings is 1. The molecule has 0 bridgehead atoms. The van der Waals surface area contributed by atoms with E-state index in [0.29, 0.717) is 19.0 Å². The van der Waals surface area contributed by atoms with Gasteiger partial charge in [-0.25, -0.2) is 0 Å². The van der Waals surface area contributed by atoms with Gasteiger partial charge in [-0.15, -0.1) is 0 Å². The number of benzene rings is 1. The van der Waals surface area contributed by atoms with E-state index in [1.807, 2.05) is 47.5 Å². The van der Waals surface area contributed by atoms with Crippen LogP contribution in [0, 0.1) is 11.8 Å². The summed E-state index contributed by atoms with van der Waals surface area (Å²) in [6.45, 7) is 3.95. The van der Waals surface area contributed by atoms with Gasteiger partial charge in [-0.2, -0.15) is 0 Å². The molecule has 1 spiro atoms. The Labute approximate surface area is 170 Å². The Morgan fingerprint density at radius 2 is 1.90 bits per heavy atom. The van der Waals surface area contributed by atoms with E-state index in [1.165, 1.54) is 5.56 Å². The van der Waals surface area contributed by atoms with E-state index < -0.39 is 0 Å². The predicted molar refractivity (Wildman–Crippen MR) is 109 cm³/mol. The van der Waals surface area contributed by atoms with Crippen molar-refractivity contribution in [3.05, 3.63) is 66.0 Å². The lowest BCUT2D eigenvalue weighted by molar-refractivity contribution is -0.123. The minimum absolute atomic E-state index is 0.0584. The maximum Gasteiger partial charge on any atom is 0.253 e. The summed E-state index contributed by atoms with van der Waals surface area (Å²) in [5, 5.41) is 3.34. The van der Waals surface area contributed by atoms with Gasteiger partial charge in [0, 0.05) is 62.1 Å². The van der Waals surface area contributed by atoms with Crippen LogP contribution in [0.2, 0.25) is 0 Å². The molecule has 1 aromatic carbocycles. The highest BCUT2D eigenvalue weighted by atomic mass is 16.2. The highest BCUT2D eigenvalue weighted by Crippen LogP contribution is 2.44. The first-order valence-electron chi connectivity index (χ1n) is 10.4. The van der Waals surface area contributed by atoms with Crippen molar-refractivity contribution in [1.29, 1.82) is 0 Å². The van der Waals surface area contributed by atoms with Crippen LogP contribution in [0.3, 0.4) is 0 Å². The van der Waals surface area contributed by atoms with Crippen LogP contribution in [0.4, 0.5) is 0 Å². The van der Waals surface area contributed by atoms with Crippen molar-refractivity contribution >= 4 is 11.8 Å². The minimum Gasteiger partial charge on any atom is -0.350 e. The Balaban J connectivity index is 1.26. The van der Waals surface area contributed by atoms with Crippen LogP contribution in [-0.4, -0.2) is 58.3 Å². The number of aromatic nitrogens is 1. The molecule has 3 saturated heterocycles. The summed E-state index contributed by atoms with van der Waals surface area (Å²) in [5.74, 6) is 0.654. The van der Waals surface area contributed by atoms with Crippen molar-refractivity contribution in [1.82, 2.24) is 20.1 Å². The number of pyridine rings is 1. The lowest BCUT2D eigenvalue weighted by Gasteiger charge is -2.42. The Kier molecular flexibility index (Phi) is 4.59. The molecule has 3 fully saturated rings. The molecule has 0 aliphatic carbocycles. The number of nitrogens with one attached hydrogen (secondary N) is 1. The third kappa shape index (κ3) is 3.31. The molecule has 1 N–H and O–H groups in total. The summed E-state index contributed by atoms with van der Waals surface area (Å²) in [4.78, 5) is 34.0. The first-order chi connectivity index (χ1) is 14.1. The van der Waals surface area contributed by atoms with Crippen LogP contribution >= 0.6 is 0 Å². The number of carbonyl (C=O) groups excluding carboxylic acids is 2. The highest BCUT2D eigenvalue weighted by Gasteiger charge is 2.57. The third-order valence-electron chi connectivity index (χ3n) is 6.91. The smallest absolute Gasteiger partial charge is 0.253 e. The normalized spacial score (nSPS) is 25.8. The van der Waals surface area contributed by atoms with E-state index in [9.17, 15) is 9.59 Å². The molecule has 150 valence electrons. The molecule has 3 aliphatic heterocycles. The summed E-state index contributed by atoms with van der Waals surface area (Å²) in [5.41, 5.74) is 1.75. The van der Waals surface area contributed by atoms with Crippen molar-refractivity contribution in [3.63, 3.8) is 0 Å². The second-order valence-corrected chi connectivity index (χ2v) is 8.57. The van der Waals surface area contributed by atoms with Crippen molar-refractivity contribution in [3.8, 4) is 0 Å². The van der Waals surface area contributed by atoms with Crippen molar-refractivity contribution in [2.45, 2.75) is 24.9 Å². The molecular weight excluding hydrogens is 364 g/mol. The Morgan fingerprint density at radius 3 is 2.62 bits per heavy atom. The molecule has 3 aliphatic rings. The van der Waals surface area contributed by atoms with Crippen LogP contribution in [0.25, 0.3) is 0 Å². The Morgan fingerprint density at radius 1 is 1.10 bits per heavy atom. The van der Waals surface area contributed by atoms with Gasteiger partial charge < -0.3 is 10.2 Å². The molecular formula is C23H26N4O2. The van der Waals surface area contributed by atoms with E-state index in [4.69, 9.17) is 0 Å². The number of amides is 2. The molecule has 5 rings (SSSR count). The number of hydrogen-bond donors (Lipinski definition) is 1. The summed E-state index contributed by atoms with van der Waals surface area (Å²) in [6, 6.07) is 13.5. The molecule has 0 saturated carbocycles. The molecule has 1 aromatic heterocycles. The van der Waals surface area contributed by atoms with Crippen molar-refractivity contribution in [2.75, 3.05) is 26.2 Å². The largest absolute Gasteiger partial charge is 0.350 e. The van der Waals surface area contributed by atoms with Gasteiger partial charge in [0.2, 0.25) is 5.91 Å². The molecule has 6 heteroatoms. The van der Waals surface area contributed by atoms with Gasteiger partial charge >= 0.3 is 0 Å². The fourth-order valence-corrected chi connectivity index (χ4v) is 5.39. The maximum absolute atomic E-state index is 12.8. The van der Waals surface area contributed by atoms with E-state index in [1.54, 1.807) is 6.20 Å². The maximum atomic E-state index is 12.8. The Bertz CT molecular complexity index is 894. The van der Waals surface area contributed by atoms with Crippen LogP contribution in [0.15, 0.2) is 54.9 Å².